The van der Waals surface area contributed by atoms with Crippen molar-refractivity contribution in [3.05, 3.63) is 40.0 Å². The Hall–Kier alpha value is -2.90. The number of esters is 1. The van der Waals surface area contributed by atoms with E-state index in [2.05, 4.69) is 10.1 Å². The van der Waals surface area contributed by atoms with Crippen LogP contribution in [0.3, 0.4) is 0 Å². The van der Waals surface area contributed by atoms with Gasteiger partial charge in [0.25, 0.3) is 5.69 Å². The predicted molar refractivity (Wildman–Crippen MR) is 93.2 cm³/mol. The van der Waals surface area contributed by atoms with Crippen LogP contribution in [0.25, 0.3) is 6.08 Å². The van der Waals surface area contributed by atoms with E-state index in [9.17, 15) is 19.7 Å². The Balaban J connectivity index is 2.28. The predicted octanol–water partition coefficient (Wildman–Crippen LogP) is 1.74. The van der Waals surface area contributed by atoms with Crippen LogP contribution >= 0.6 is 0 Å². The SMILES string of the molecule is CNC(=O)C1CCCN(c2ccc(C=CC(=O)OC)cc2[N+](=O)[O-])C1. The van der Waals surface area contributed by atoms with Crippen LogP contribution in [0.2, 0.25) is 0 Å². The number of nitro groups is 1. The number of anilines is 1. The van der Waals surface area contributed by atoms with Gasteiger partial charge in [-0.25, -0.2) is 4.79 Å². The van der Waals surface area contributed by atoms with Crippen LogP contribution in [0.15, 0.2) is 24.3 Å². The monoisotopic (exact) mass is 347 g/mol. The molecule has 1 heterocycles. The summed E-state index contributed by atoms with van der Waals surface area (Å²) < 4.78 is 4.51. The maximum Gasteiger partial charge on any atom is 0.330 e. The molecule has 1 aliphatic rings. The number of ether oxygens (including phenoxy) is 1. The third-order valence-electron chi connectivity index (χ3n) is 4.19. The number of piperidine rings is 1. The third kappa shape index (κ3) is 4.56. The van der Waals surface area contributed by atoms with Crippen molar-refractivity contribution in [2.24, 2.45) is 5.92 Å². The molecule has 0 aromatic heterocycles. The lowest BCUT2D eigenvalue weighted by Gasteiger charge is -2.33. The fourth-order valence-electron chi connectivity index (χ4n) is 2.90. The van der Waals surface area contributed by atoms with E-state index >= 15 is 0 Å². The number of rotatable bonds is 5. The third-order valence-corrected chi connectivity index (χ3v) is 4.19. The van der Waals surface area contributed by atoms with Crippen molar-refractivity contribution in [2.75, 3.05) is 32.1 Å². The van der Waals surface area contributed by atoms with Crippen molar-refractivity contribution < 1.29 is 19.2 Å². The smallest absolute Gasteiger partial charge is 0.330 e. The first-order valence-corrected chi connectivity index (χ1v) is 7.97. The van der Waals surface area contributed by atoms with E-state index in [-0.39, 0.29) is 17.5 Å². The number of carbonyl (C=O) groups is 2. The Morgan fingerprint density at radius 2 is 2.20 bits per heavy atom. The van der Waals surface area contributed by atoms with E-state index in [1.165, 1.54) is 25.3 Å². The molecule has 1 amide bonds. The highest BCUT2D eigenvalue weighted by molar-refractivity contribution is 5.87. The molecule has 2 rings (SSSR count). The molecule has 134 valence electrons. The van der Waals surface area contributed by atoms with Crippen molar-refractivity contribution in [3.63, 3.8) is 0 Å². The summed E-state index contributed by atoms with van der Waals surface area (Å²) >= 11 is 0. The van der Waals surface area contributed by atoms with Gasteiger partial charge in [0.1, 0.15) is 5.69 Å². The highest BCUT2D eigenvalue weighted by Crippen LogP contribution is 2.32. The molecule has 0 radical (unpaired) electrons. The zero-order valence-corrected chi connectivity index (χ0v) is 14.2. The lowest BCUT2D eigenvalue weighted by atomic mass is 9.96. The molecule has 0 spiro atoms. The number of nitro benzene ring substituents is 1. The van der Waals surface area contributed by atoms with Crippen molar-refractivity contribution in [1.29, 1.82) is 0 Å². The van der Waals surface area contributed by atoms with Gasteiger partial charge in [-0.05, 0) is 30.5 Å². The maximum absolute atomic E-state index is 11.9. The van der Waals surface area contributed by atoms with Gasteiger partial charge >= 0.3 is 5.97 Å². The van der Waals surface area contributed by atoms with E-state index in [0.29, 0.717) is 24.3 Å². The Labute approximate surface area is 145 Å². The molecular weight excluding hydrogens is 326 g/mol. The average Bonchev–Trinajstić information content (AvgIpc) is 2.65. The zero-order valence-electron chi connectivity index (χ0n) is 14.2. The first kappa shape index (κ1) is 18.4. The Morgan fingerprint density at radius 3 is 2.84 bits per heavy atom. The highest BCUT2D eigenvalue weighted by Gasteiger charge is 2.28. The standard InChI is InChI=1S/C17H21N3O5/c1-18-17(22)13-4-3-9-19(11-13)14-7-5-12(6-8-16(21)25-2)10-15(14)20(23)24/h5-8,10,13H,3-4,9,11H2,1-2H3,(H,18,22). The minimum absolute atomic E-state index is 0.0509. The molecule has 25 heavy (non-hydrogen) atoms. The maximum atomic E-state index is 11.9. The molecule has 8 nitrogen and oxygen atoms in total. The Morgan fingerprint density at radius 1 is 1.44 bits per heavy atom. The second-order valence-electron chi connectivity index (χ2n) is 5.76. The molecule has 1 N–H and O–H groups in total. The number of methoxy groups -OCH3 is 1. The molecule has 0 aliphatic carbocycles. The number of benzene rings is 1. The first-order valence-electron chi connectivity index (χ1n) is 7.97. The highest BCUT2D eigenvalue weighted by atomic mass is 16.6. The first-order chi connectivity index (χ1) is 12.0. The summed E-state index contributed by atoms with van der Waals surface area (Å²) in [5.41, 5.74) is 0.958. The minimum atomic E-state index is -0.531. The fourth-order valence-corrected chi connectivity index (χ4v) is 2.90. The van der Waals surface area contributed by atoms with E-state index in [0.717, 1.165) is 12.8 Å². The molecule has 0 bridgehead atoms. The molecule has 1 fully saturated rings. The van der Waals surface area contributed by atoms with Crippen molar-refractivity contribution >= 4 is 29.3 Å². The molecule has 1 unspecified atom stereocenters. The summed E-state index contributed by atoms with van der Waals surface area (Å²) in [4.78, 5) is 35.9. The summed E-state index contributed by atoms with van der Waals surface area (Å²) in [7, 11) is 2.85. The van der Waals surface area contributed by atoms with Gasteiger partial charge in [-0.1, -0.05) is 6.07 Å². The molecule has 0 saturated carbocycles. The lowest BCUT2D eigenvalue weighted by molar-refractivity contribution is -0.384. The summed E-state index contributed by atoms with van der Waals surface area (Å²) in [6.07, 6.45) is 4.23. The van der Waals surface area contributed by atoms with E-state index < -0.39 is 10.9 Å². The van der Waals surface area contributed by atoms with Gasteiger partial charge in [-0.15, -0.1) is 0 Å². The van der Waals surface area contributed by atoms with Gasteiger partial charge in [-0.2, -0.15) is 0 Å². The van der Waals surface area contributed by atoms with Gasteiger partial charge in [0.05, 0.1) is 18.0 Å². The largest absolute Gasteiger partial charge is 0.466 e. The molecule has 1 atom stereocenters. The minimum Gasteiger partial charge on any atom is -0.466 e. The van der Waals surface area contributed by atoms with Gasteiger partial charge in [0.2, 0.25) is 5.91 Å². The molecular formula is C17H21N3O5. The summed E-state index contributed by atoms with van der Waals surface area (Å²) in [5.74, 6) is -0.765. The van der Waals surface area contributed by atoms with Gasteiger partial charge < -0.3 is 15.0 Å². The quantitative estimate of drug-likeness (QED) is 0.377. The molecule has 8 heteroatoms. The second kappa shape index (κ2) is 8.27. The lowest BCUT2D eigenvalue weighted by Crippen LogP contribution is -2.42. The zero-order chi connectivity index (χ0) is 18.4. The van der Waals surface area contributed by atoms with Crippen LogP contribution in [-0.2, 0) is 14.3 Å². The normalized spacial score (nSPS) is 17.4. The van der Waals surface area contributed by atoms with Crippen LogP contribution in [0, 0.1) is 16.0 Å². The van der Waals surface area contributed by atoms with Crippen molar-refractivity contribution in [2.45, 2.75) is 12.8 Å². The van der Waals surface area contributed by atoms with Crippen molar-refractivity contribution in [3.8, 4) is 0 Å². The molecule has 1 saturated heterocycles. The van der Waals surface area contributed by atoms with Crippen LogP contribution in [0.4, 0.5) is 11.4 Å². The van der Waals surface area contributed by atoms with Gasteiger partial charge in [0, 0.05) is 32.3 Å². The van der Waals surface area contributed by atoms with E-state index in [4.69, 9.17) is 0 Å². The van der Waals surface area contributed by atoms with Crippen LogP contribution in [0.5, 0.6) is 0 Å². The number of nitrogens with one attached hydrogen (secondary N) is 1. The van der Waals surface area contributed by atoms with Gasteiger partial charge in [0.15, 0.2) is 0 Å². The van der Waals surface area contributed by atoms with Crippen LogP contribution in [-0.4, -0.2) is 44.0 Å². The fraction of sp³-hybridized carbons (Fsp3) is 0.412. The topological polar surface area (TPSA) is 102 Å². The van der Waals surface area contributed by atoms with Crippen molar-refractivity contribution in [1.82, 2.24) is 5.32 Å². The Bertz CT molecular complexity index is 702. The number of carbonyl (C=O) groups excluding carboxylic acids is 2. The number of amides is 1. The van der Waals surface area contributed by atoms with Crippen LogP contribution in [0.1, 0.15) is 18.4 Å². The Kier molecular flexibility index (Phi) is 6.10. The molecule has 1 aromatic carbocycles. The average molecular weight is 347 g/mol. The number of hydrogen-bond donors (Lipinski definition) is 1. The summed E-state index contributed by atoms with van der Waals surface area (Å²) in [5, 5.41) is 14.1. The summed E-state index contributed by atoms with van der Waals surface area (Å²) in [6, 6.07) is 4.77. The van der Waals surface area contributed by atoms with Gasteiger partial charge in [-0.3, -0.25) is 14.9 Å². The van der Waals surface area contributed by atoms with E-state index in [1.807, 2.05) is 4.90 Å². The summed E-state index contributed by atoms with van der Waals surface area (Å²) in [6.45, 7) is 1.10. The van der Waals surface area contributed by atoms with Crippen LogP contribution < -0.4 is 10.2 Å². The number of hydrogen-bond acceptors (Lipinski definition) is 6. The molecule has 1 aromatic rings. The molecule has 1 aliphatic heterocycles. The number of nitrogens with zero attached hydrogens (tertiary/aromatic N) is 2. The van der Waals surface area contributed by atoms with E-state index in [1.54, 1.807) is 19.2 Å². The second-order valence-corrected chi connectivity index (χ2v) is 5.76.